The molecule has 3 heteroatoms. The van der Waals surface area contributed by atoms with Gasteiger partial charge in [0.25, 0.3) is 0 Å². The highest BCUT2D eigenvalue weighted by Crippen LogP contribution is 2.25. The van der Waals surface area contributed by atoms with Crippen LogP contribution in [0.3, 0.4) is 0 Å². The summed E-state index contributed by atoms with van der Waals surface area (Å²) in [6.07, 6.45) is 0. The zero-order valence-electron chi connectivity index (χ0n) is 11.9. The van der Waals surface area contributed by atoms with Crippen LogP contribution in [0, 0.1) is 13.8 Å². The number of aryl methyl sites for hydroxylation is 2. The molecule has 0 saturated carbocycles. The van der Waals surface area contributed by atoms with Gasteiger partial charge in [-0.3, -0.25) is 0 Å². The number of hydrogen-bond donors (Lipinski definition) is 2. The van der Waals surface area contributed by atoms with E-state index in [4.69, 9.17) is 4.42 Å². The van der Waals surface area contributed by atoms with E-state index < -0.39 is 0 Å². The minimum atomic E-state index is 0.164. The molecule has 0 bridgehead atoms. The second kappa shape index (κ2) is 5.49. The Kier molecular flexibility index (Phi) is 3.96. The number of aromatic hydroxyl groups is 1. The van der Waals surface area contributed by atoms with Crippen LogP contribution in [0.1, 0.15) is 48.6 Å². The first-order chi connectivity index (χ1) is 8.97. The zero-order valence-corrected chi connectivity index (χ0v) is 11.9. The highest BCUT2D eigenvalue weighted by molar-refractivity contribution is 5.30. The molecule has 102 valence electrons. The lowest BCUT2D eigenvalue weighted by Gasteiger charge is -2.20. The van der Waals surface area contributed by atoms with Crippen LogP contribution in [-0.2, 0) is 0 Å². The van der Waals surface area contributed by atoms with Crippen LogP contribution in [0.15, 0.2) is 34.7 Å². The molecule has 1 aromatic heterocycles. The van der Waals surface area contributed by atoms with E-state index in [0.717, 1.165) is 17.1 Å². The van der Waals surface area contributed by atoms with Crippen molar-refractivity contribution >= 4 is 0 Å². The van der Waals surface area contributed by atoms with Gasteiger partial charge in [0.05, 0.1) is 0 Å². The molecule has 2 unspecified atom stereocenters. The number of phenols is 1. The molecule has 2 atom stereocenters. The van der Waals surface area contributed by atoms with E-state index in [1.54, 1.807) is 12.1 Å². The van der Waals surface area contributed by atoms with E-state index >= 15 is 0 Å². The van der Waals surface area contributed by atoms with Crippen molar-refractivity contribution in [2.75, 3.05) is 0 Å². The zero-order chi connectivity index (χ0) is 14.0. The predicted molar refractivity (Wildman–Crippen MR) is 76.3 cm³/mol. The maximum Gasteiger partial charge on any atom is 0.115 e. The summed E-state index contributed by atoms with van der Waals surface area (Å²) in [4.78, 5) is 0. The van der Waals surface area contributed by atoms with Crippen LogP contribution >= 0.6 is 0 Å². The fraction of sp³-hybridized carbons (Fsp3) is 0.375. The van der Waals surface area contributed by atoms with Crippen LogP contribution in [0.5, 0.6) is 5.75 Å². The molecule has 2 rings (SSSR count). The molecule has 0 fully saturated rings. The lowest BCUT2D eigenvalue weighted by Crippen LogP contribution is -2.22. The van der Waals surface area contributed by atoms with Crippen LogP contribution in [0.4, 0.5) is 0 Å². The fourth-order valence-corrected chi connectivity index (χ4v) is 2.44. The van der Waals surface area contributed by atoms with E-state index in [9.17, 15) is 5.11 Å². The second-order valence-electron chi connectivity index (χ2n) is 5.07. The van der Waals surface area contributed by atoms with Crippen molar-refractivity contribution < 1.29 is 9.52 Å². The summed E-state index contributed by atoms with van der Waals surface area (Å²) in [5.41, 5.74) is 2.26. The quantitative estimate of drug-likeness (QED) is 0.872. The first-order valence-electron chi connectivity index (χ1n) is 6.59. The smallest absolute Gasteiger partial charge is 0.115 e. The van der Waals surface area contributed by atoms with Crippen molar-refractivity contribution in [3.05, 3.63) is 53.0 Å². The maximum absolute atomic E-state index is 9.52. The summed E-state index contributed by atoms with van der Waals surface area (Å²) < 4.78 is 5.56. The first-order valence-corrected chi connectivity index (χ1v) is 6.59. The molecule has 0 aliphatic carbocycles. The summed E-state index contributed by atoms with van der Waals surface area (Å²) in [7, 11) is 0. The molecule has 0 spiro atoms. The Labute approximate surface area is 114 Å². The Hall–Kier alpha value is -1.74. The standard InChI is InChI=1S/C16H21NO2/c1-10-8-16(13(4)19-10)12(3)17-11(2)14-6-5-7-15(18)9-14/h5-9,11-12,17-18H,1-4H3. The van der Waals surface area contributed by atoms with Gasteiger partial charge in [-0.05, 0) is 51.5 Å². The lowest BCUT2D eigenvalue weighted by atomic mass is 10.0. The van der Waals surface area contributed by atoms with Gasteiger partial charge in [-0.15, -0.1) is 0 Å². The molecule has 19 heavy (non-hydrogen) atoms. The molecule has 1 heterocycles. The number of phenolic OH excluding ortho intramolecular Hbond substituents is 1. The average molecular weight is 259 g/mol. The molecule has 0 saturated heterocycles. The SMILES string of the molecule is Cc1cc(C(C)NC(C)c2cccc(O)c2)c(C)o1. The van der Waals surface area contributed by atoms with Crippen LogP contribution in [-0.4, -0.2) is 5.11 Å². The lowest BCUT2D eigenvalue weighted by molar-refractivity contribution is 0.459. The van der Waals surface area contributed by atoms with Crippen molar-refractivity contribution in [2.24, 2.45) is 0 Å². The molecule has 3 nitrogen and oxygen atoms in total. The Morgan fingerprint density at radius 1 is 1.11 bits per heavy atom. The number of hydrogen-bond acceptors (Lipinski definition) is 3. The van der Waals surface area contributed by atoms with Gasteiger partial charge >= 0.3 is 0 Å². The Morgan fingerprint density at radius 3 is 2.42 bits per heavy atom. The molecular formula is C16H21NO2. The average Bonchev–Trinajstić information content (AvgIpc) is 2.68. The molecule has 2 aromatic rings. The Morgan fingerprint density at radius 2 is 1.84 bits per heavy atom. The third-order valence-corrected chi connectivity index (χ3v) is 3.42. The monoisotopic (exact) mass is 259 g/mol. The Bertz CT molecular complexity index is 560. The number of benzene rings is 1. The van der Waals surface area contributed by atoms with Gasteiger partial charge in [-0.1, -0.05) is 12.1 Å². The molecule has 0 radical (unpaired) electrons. The first kappa shape index (κ1) is 13.7. The molecule has 0 aliphatic heterocycles. The minimum absolute atomic E-state index is 0.164. The summed E-state index contributed by atoms with van der Waals surface area (Å²) >= 11 is 0. The number of rotatable bonds is 4. The van der Waals surface area contributed by atoms with Gasteiger partial charge in [-0.25, -0.2) is 0 Å². The summed E-state index contributed by atoms with van der Waals surface area (Å²) in [6, 6.07) is 9.79. The highest BCUT2D eigenvalue weighted by Gasteiger charge is 2.15. The van der Waals surface area contributed by atoms with Gasteiger partial charge in [-0.2, -0.15) is 0 Å². The van der Waals surface area contributed by atoms with Gasteiger partial charge in [0.15, 0.2) is 0 Å². The second-order valence-corrected chi connectivity index (χ2v) is 5.07. The number of furan rings is 1. The van der Waals surface area contributed by atoms with E-state index in [0.29, 0.717) is 5.75 Å². The van der Waals surface area contributed by atoms with Crippen molar-refractivity contribution in [3.63, 3.8) is 0 Å². The van der Waals surface area contributed by atoms with E-state index in [1.165, 1.54) is 5.56 Å². The van der Waals surface area contributed by atoms with Crippen molar-refractivity contribution in [2.45, 2.75) is 39.8 Å². The Balaban J connectivity index is 2.10. The highest BCUT2D eigenvalue weighted by atomic mass is 16.3. The summed E-state index contributed by atoms with van der Waals surface area (Å²) in [6.45, 7) is 8.16. The van der Waals surface area contributed by atoms with Crippen LogP contribution in [0.2, 0.25) is 0 Å². The largest absolute Gasteiger partial charge is 0.508 e. The minimum Gasteiger partial charge on any atom is -0.508 e. The molecule has 1 aromatic carbocycles. The van der Waals surface area contributed by atoms with Crippen LogP contribution in [0.25, 0.3) is 0 Å². The maximum atomic E-state index is 9.52. The summed E-state index contributed by atoms with van der Waals surface area (Å²) in [5, 5.41) is 13.0. The molecule has 0 aliphatic rings. The normalized spacial score (nSPS) is 14.3. The van der Waals surface area contributed by atoms with E-state index in [2.05, 4.69) is 25.2 Å². The number of nitrogens with one attached hydrogen (secondary N) is 1. The van der Waals surface area contributed by atoms with Crippen molar-refractivity contribution in [1.29, 1.82) is 0 Å². The predicted octanol–water partition coefficient (Wildman–Crippen LogP) is 4.01. The molecule has 2 N–H and O–H groups in total. The van der Waals surface area contributed by atoms with Gasteiger partial charge in [0.2, 0.25) is 0 Å². The van der Waals surface area contributed by atoms with Gasteiger partial charge < -0.3 is 14.8 Å². The van der Waals surface area contributed by atoms with E-state index in [1.807, 2.05) is 26.0 Å². The van der Waals surface area contributed by atoms with Crippen LogP contribution < -0.4 is 5.32 Å². The van der Waals surface area contributed by atoms with Gasteiger partial charge in [0, 0.05) is 17.6 Å². The van der Waals surface area contributed by atoms with Crippen molar-refractivity contribution in [1.82, 2.24) is 5.32 Å². The fourth-order valence-electron chi connectivity index (χ4n) is 2.44. The van der Waals surface area contributed by atoms with Gasteiger partial charge in [0.1, 0.15) is 17.3 Å². The van der Waals surface area contributed by atoms with E-state index in [-0.39, 0.29) is 12.1 Å². The third-order valence-electron chi connectivity index (χ3n) is 3.42. The topological polar surface area (TPSA) is 45.4 Å². The molecule has 0 amide bonds. The molecular weight excluding hydrogens is 238 g/mol. The summed E-state index contributed by atoms with van der Waals surface area (Å²) in [5.74, 6) is 2.20. The third kappa shape index (κ3) is 3.18. The van der Waals surface area contributed by atoms with Crippen molar-refractivity contribution in [3.8, 4) is 5.75 Å².